The van der Waals surface area contributed by atoms with Crippen LogP contribution in [-0.4, -0.2) is 66.2 Å². The molecule has 2 fully saturated rings. The van der Waals surface area contributed by atoms with Gasteiger partial charge >= 0.3 is 6.03 Å². The molecule has 1 unspecified atom stereocenters. The average molecular weight is 353 g/mol. The first kappa shape index (κ1) is 17.6. The molecule has 0 radical (unpaired) electrons. The number of nitrogens with zero attached hydrogens (tertiary/aromatic N) is 3. The maximum absolute atomic E-state index is 12.5. The van der Waals surface area contributed by atoms with Crippen molar-refractivity contribution >= 4 is 17.4 Å². The number of aryl methyl sites for hydroxylation is 2. The molecule has 2 aliphatic heterocycles. The number of nitrogens with one attached hydrogen (secondary N) is 1. The molecule has 2 saturated heterocycles. The standard InChI is InChI=1S/C17H28N4O2S/c1-12(16-13(2)24-14(3)19-16)18-17(22)21-6-4-15(5-7-21)20-8-10-23-11-9-20/h12,15H,4-11H2,1-3H3,(H,18,22). The fraction of sp³-hybridized carbons (Fsp3) is 0.765. The molecule has 0 spiro atoms. The number of amides is 2. The highest BCUT2D eigenvalue weighted by atomic mass is 32.1. The van der Waals surface area contributed by atoms with Gasteiger partial charge in [-0.3, -0.25) is 4.90 Å². The summed E-state index contributed by atoms with van der Waals surface area (Å²) in [5, 5.41) is 4.16. The summed E-state index contributed by atoms with van der Waals surface area (Å²) in [6.07, 6.45) is 2.10. The van der Waals surface area contributed by atoms with Gasteiger partial charge in [0.15, 0.2) is 0 Å². The minimum Gasteiger partial charge on any atom is -0.379 e. The van der Waals surface area contributed by atoms with E-state index in [1.54, 1.807) is 11.3 Å². The molecule has 0 aromatic carbocycles. The van der Waals surface area contributed by atoms with Gasteiger partial charge in [-0.05, 0) is 33.6 Å². The number of piperidine rings is 1. The second kappa shape index (κ2) is 7.80. The largest absolute Gasteiger partial charge is 0.379 e. The maximum Gasteiger partial charge on any atom is 0.317 e. The summed E-state index contributed by atoms with van der Waals surface area (Å²) >= 11 is 1.68. The van der Waals surface area contributed by atoms with Crippen LogP contribution in [0, 0.1) is 13.8 Å². The summed E-state index contributed by atoms with van der Waals surface area (Å²) in [7, 11) is 0. The Labute approximate surface area is 148 Å². The summed E-state index contributed by atoms with van der Waals surface area (Å²) in [5.74, 6) is 0. The van der Waals surface area contributed by atoms with Crippen LogP contribution in [0.1, 0.15) is 41.4 Å². The number of carbonyl (C=O) groups is 1. The Hall–Kier alpha value is -1.18. The predicted octanol–water partition coefficient (Wildman–Crippen LogP) is 2.33. The summed E-state index contributed by atoms with van der Waals surface area (Å²) in [5.41, 5.74) is 0.994. The molecular formula is C17H28N4O2S. The number of thiazole rings is 1. The van der Waals surface area contributed by atoms with Crippen LogP contribution in [0.5, 0.6) is 0 Å². The second-order valence-electron chi connectivity index (χ2n) is 6.71. The smallest absolute Gasteiger partial charge is 0.317 e. The van der Waals surface area contributed by atoms with Gasteiger partial charge in [0, 0.05) is 37.1 Å². The highest BCUT2D eigenvalue weighted by molar-refractivity contribution is 7.11. The zero-order chi connectivity index (χ0) is 17.1. The molecule has 24 heavy (non-hydrogen) atoms. The predicted molar refractivity (Wildman–Crippen MR) is 95.5 cm³/mol. The summed E-state index contributed by atoms with van der Waals surface area (Å²) in [6.45, 7) is 11.5. The Morgan fingerprint density at radius 3 is 2.50 bits per heavy atom. The van der Waals surface area contributed by atoms with Crippen molar-refractivity contribution in [2.75, 3.05) is 39.4 Å². The van der Waals surface area contributed by atoms with Gasteiger partial charge in [0.2, 0.25) is 0 Å². The van der Waals surface area contributed by atoms with Crippen LogP contribution in [0.3, 0.4) is 0 Å². The van der Waals surface area contributed by atoms with Crippen LogP contribution in [-0.2, 0) is 4.74 Å². The van der Waals surface area contributed by atoms with Crippen LogP contribution in [0.2, 0.25) is 0 Å². The van der Waals surface area contributed by atoms with E-state index in [0.29, 0.717) is 6.04 Å². The molecule has 2 amide bonds. The number of urea groups is 1. The van der Waals surface area contributed by atoms with E-state index >= 15 is 0 Å². The van der Waals surface area contributed by atoms with Crippen molar-refractivity contribution in [2.45, 2.75) is 45.7 Å². The lowest BCUT2D eigenvalue weighted by Crippen LogP contribution is -2.52. The third-order valence-electron chi connectivity index (χ3n) is 5.00. The molecule has 0 saturated carbocycles. The van der Waals surface area contributed by atoms with Crippen molar-refractivity contribution in [3.05, 3.63) is 15.6 Å². The molecule has 1 aromatic heterocycles. The molecule has 2 aliphatic rings. The Morgan fingerprint density at radius 2 is 1.92 bits per heavy atom. The molecule has 0 bridgehead atoms. The number of rotatable bonds is 3. The Bertz CT molecular complexity index is 563. The molecular weight excluding hydrogens is 324 g/mol. The first-order valence-electron chi connectivity index (χ1n) is 8.85. The maximum atomic E-state index is 12.5. The minimum atomic E-state index is -0.0422. The van der Waals surface area contributed by atoms with E-state index < -0.39 is 0 Å². The van der Waals surface area contributed by atoms with Crippen molar-refractivity contribution < 1.29 is 9.53 Å². The average Bonchev–Trinajstić information content (AvgIpc) is 2.94. The number of carbonyl (C=O) groups excluding carboxylic acids is 1. The normalized spacial score (nSPS) is 21.7. The number of hydrogen-bond donors (Lipinski definition) is 1. The fourth-order valence-corrected chi connectivity index (χ4v) is 4.58. The first-order chi connectivity index (χ1) is 11.5. The van der Waals surface area contributed by atoms with Gasteiger partial charge in [0.05, 0.1) is 30.0 Å². The summed E-state index contributed by atoms with van der Waals surface area (Å²) < 4.78 is 5.43. The molecule has 134 valence electrons. The van der Waals surface area contributed by atoms with Crippen LogP contribution in [0.15, 0.2) is 0 Å². The van der Waals surface area contributed by atoms with Crippen LogP contribution >= 0.6 is 11.3 Å². The van der Waals surface area contributed by atoms with Gasteiger partial charge in [0.1, 0.15) is 0 Å². The van der Waals surface area contributed by atoms with E-state index in [1.165, 1.54) is 4.88 Å². The van der Waals surface area contributed by atoms with Crippen LogP contribution in [0.4, 0.5) is 4.79 Å². The first-order valence-corrected chi connectivity index (χ1v) is 9.67. The monoisotopic (exact) mass is 352 g/mol. The Morgan fingerprint density at radius 1 is 1.25 bits per heavy atom. The Kier molecular flexibility index (Phi) is 5.73. The lowest BCUT2D eigenvalue weighted by atomic mass is 10.0. The lowest BCUT2D eigenvalue weighted by molar-refractivity contribution is 0.00374. The zero-order valence-electron chi connectivity index (χ0n) is 14.9. The highest BCUT2D eigenvalue weighted by Gasteiger charge is 2.28. The minimum absolute atomic E-state index is 0.0352. The third kappa shape index (κ3) is 4.07. The van der Waals surface area contributed by atoms with Gasteiger partial charge in [-0.25, -0.2) is 9.78 Å². The molecule has 1 aromatic rings. The van der Waals surface area contributed by atoms with Gasteiger partial charge in [0.25, 0.3) is 0 Å². The van der Waals surface area contributed by atoms with Crippen molar-refractivity contribution in [3.8, 4) is 0 Å². The van der Waals surface area contributed by atoms with Crippen molar-refractivity contribution in [3.63, 3.8) is 0 Å². The van der Waals surface area contributed by atoms with Crippen molar-refractivity contribution in [2.24, 2.45) is 0 Å². The van der Waals surface area contributed by atoms with Gasteiger partial charge in [-0.1, -0.05) is 0 Å². The van der Waals surface area contributed by atoms with E-state index in [0.717, 1.165) is 62.9 Å². The van der Waals surface area contributed by atoms with Gasteiger partial charge in [-0.15, -0.1) is 11.3 Å². The molecule has 0 aliphatic carbocycles. The van der Waals surface area contributed by atoms with Crippen LogP contribution in [0.25, 0.3) is 0 Å². The number of likely N-dealkylation sites (tertiary alicyclic amines) is 1. The lowest BCUT2D eigenvalue weighted by Gasteiger charge is -2.40. The quantitative estimate of drug-likeness (QED) is 0.907. The number of ether oxygens (including phenoxy) is 1. The third-order valence-corrected chi connectivity index (χ3v) is 5.91. The number of hydrogen-bond acceptors (Lipinski definition) is 5. The summed E-state index contributed by atoms with van der Waals surface area (Å²) in [4.78, 5) is 22.7. The zero-order valence-corrected chi connectivity index (χ0v) is 15.7. The second-order valence-corrected chi connectivity index (χ2v) is 8.12. The van der Waals surface area contributed by atoms with E-state index in [2.05, 4.69) is 22.1 Å². The SMILES string of the molecule is Cc1nc(C(C)NC(=O)N2CCC(N3CCOCC3)CC2)c(C)s1. The molecule has 3 rings (SSSR count). The van der Waals surface area contributed by atoms with E-state index in [4.69, 9.17) is 4.74 Å². The van der Waals surface area contributed by atoms with Crippen LogP contribution < -0.4 is 5.32 Å². The Balaban J connectivity index is 1.49. The molecule has 7 heteroatoms. The van der Waals surface area contributed by atoms with Gasteiger partial charge < -0.3 is 15.0 Å². The molecule has 6 nitrogen and oxygen atoms in total. The van der Waals surface area contributed by atoms with Crippen molar-refractivity contribution in [1.82, 2.24) is 20.1 Å². The molecule has 1 N–H and O–H groups in total. The fourth-order valence-electron chi connectivity index (χ4n) is 3.67. The number of morpholine rings is 1. The van der Waals surface area contributed by atoms with E-state index in [1.807, 2.05) is 18.7 Å². The van der Waals surface area contributed by atoms with E-state index in [9.17, 15) is 4.79 Å². The topological polar surface area (TPSA) is 57.7 Å². The van der Waals surface area contributed by atoms with Crippen molar-refractivity contribution in [1.29, 1.82) is 0 Å². The van der Waals surface area contributed by atoms with E-state index in [-0.39, 0.29) is 12.1 Å². The molecule has 3 heterocycles. The van der Waals surface area contributed by atoms with Gasteiger partial charge in [-0.2, -0.15) is 0 Å². The molecule has 1 atom stereocenters. The highest BCUT2D eigenvalue weighted by Crippen LogP contribution is 2.23. The summed E-state index contributed by atoms with van der Waals surface area (Å²) in [6, 6.07) is 0.589. The number of aromatic nitrogens is 1.